The van der Waals surface area contributed by atoms with Gasteiger partial charge in [-0.25, -0.2) is 0 Å². The van der Waals surface area contributed by atoms with E-state index in [1.54, 1.807) is 0 Å². The van der Waals surface area contributed by atoms with Gasteiger partial charge in [0.2, 0.25) is 0 Å². The molecule has 0 spiro atoms. The van der Waals surface area contributed by atoms with E-state index in [9.17, 15) is 0 Å². The fourth-order valence-electron chi connectivity index (χ4n) is 6.73. The molecule has 0 aliphatic heterocycles. The van der Waals surface area contributed by atoms with Gasteiger partial charge >= 0.3 is 252 Å². The maximum absolute atomic E-state index is 2.47. The molecular weight excluding hydrogens is 647 g/mol. The van der Waals surface area contributed by atoms with Crippen molar-refractivity contribution in [1.82, 2.24) is 0 Å². The van der Waals surface area contributed by atoms with Crippen molar-refractivity contribution in [3.05, 3.63) is 161 Å². The zero-order valence-electron chi connectivity index (χ0n) is 22.7. The molecule has 0 unspecified atom stereocenters. The van der Waals surface area contributed by atoms with Crippen LogP contribution in [0.4, 0.5) is 0 Å². The van der Waals surface area contributed by atoms with Crippen LogP contribution in [0, 0.1) is 4.81 Å². The number of rotatable bonds is 3. The van der Waals surface area contributed by atoms with E-state index in [1.807, 2.05) is 0 Å². The summed E-state index contributed by atoms with van der Waals surface area (Å²) in [6, 6.07) is 45.4. The van der Waals surface area contributed by atoms with Gasteiger partial charge in [-0.2, -0.15) is 0 Å². The molecule has 6 aromatic carbocycles. The van der Waals surface area contributed by atoms with E-state index in [0.717, 1.165) is 6.42 Å². The van der Waals surface area contributed by atoms with Crippen LogP contribution in [0.15, 0.2) is 140 Å². The van der Waals surface area contributed by atoms with Crippen molar-refractivity contribution in [2.24, 2.45) is 0 Å². The number of halogens is 2. The molecule has 0 heterocycles. The third-order valence-electron chi connectivity index (χ3n) is 8.39. The zero-order chi connectivity index (χ0) is 26.6. The predicted molar refractivity (Wildman–Crippen MR) is 168 cm³/mol. The molecule has 0 saturated carbocycles. The molecule has 0 nitrogen and oxygen atoms in total. The quantitative estimate of drug-likeness (QED) is 0.196. The number of allylic oxidation sites excluding steroid dienone is 4. The summed E-state index contributed by atoms with van der Waals surface area (Å²) in [6.07, 6.45) is 7.90. The van der Waals surface area contributed by atoms with E-state index in [2.05, 4.69) is 140 Å². The molecule has 2 aliphatic rings. The summed E-state index contributed by atoms with van der Waals surface area (Å²) < 4.78 is 1.48. The van der Waals surface area contributed by atoms with Crippen molar-refractivity contribution in [2.45, 2.75) is 6.42 Å². The molecule has 2 aliphatic carbocycles. The molecule has 0 amide bonds. The standard InChI is InChI=1S/C38H25Si.2ClH.Zr/c1-3-15-28(16-4-1)39(29-17-5-2-6-18-29)35-24-23-27-25-34-32-21-10-9-19-30(32)31-20-11-12-22-33(31)38(34)37(27)36(35)26-13-7-8-14-26;;;/h1-13,15-24H,14H2;2*1H;/q;;;+2/p-2. The molecule has 0 saturated heterocycles. The number of hydrogen-bond donors (Lipinski definition) is 0. The first-order chi connectivity index (χ1) is 19.8. The minimum atomic E-state index is -1.25. The van der Waals surface area contributed by atoms with Crippen LogP contribution in [0.25, 0.3) is 41.5 Å². The second-order valence-electron chi connectivity index (χ2n) is 10.6. The van der Waals surface area contributed by atoms with Crippen LogP contribution in [-0.2, 0) is 24.7 Å². The molecule has 4 heteroatoms. The second kappa shape index (κ2) is 11.9. The number of hydrogen-bond acceptors (Lipinski definition) is 0. The van der Waals surface area contributed by atoms with Gasteiger partial charge in [0, 0.05) is 0 Å². The molecule has 8 rings (SSSR count). The van der Waals surface area contributed by atoms with Crippen molar-refractivity contribution >= 4 is 49.2 Å². The first kappa shape index (κ1) is 29.0. The van der Waals surface area contributed by atoms with Gasteiger partial charge in [0.15, 0.2) is 0 Å². The van der Waals surface area contributed by atoms with E-state index in [0.29, 0.717) is 0 Å². The Morgan fingerprint density at radius 2 is 1.02 bits per heavy atom. The molecule has 0 fully saturated rings. The van der Waals surface area contributed by atoms with Gasteiger partial charge in [-0.05, 0) is 0 Å². The predicted octanol–water partition coefficient (Wildman–Crippen LogP) is 1.17. The van der Waals surface area contributed by atoms with Gasteiger partial charge in [0.05, 0.1) is 0 Å². The summed E-state index contributed by atoms with van der Waals surface area (Å²) in [5, 5.41) is 9.73. The van der Waals surface area contributed by atoms with E-state index < -0.39 is 8.41 Å². The Labute approximate surface area is 275 Å². The molecule has 0 bridgehead atoms. The van der Waals surface area contributed by atoms with Crippen molar-refractivity contribution in [2.75, 3.05) is 0 Å². The summed E-state index contributed by atoms with van der Waals surface area (Å²) in [5.74, 6) is 0. The van der Waals surface area contributed by atoms with Crippen LogP contribution in [0.3, 0.4) is 0 Å². The summed E-state index contributed by atoms with van der Waals surface area (Å²) >= 11 is 1.47. The Balaban J connectivity index is 0.00000158. The Kier molecular flexibility index (Phi) is 8.18. The van der Waals surface area contributed by atoms with Crippen molar-refractivity contribution in [1.29, 1.82) is 0 Å². The monoisotopic (exact) mass is 669 g/mol. The van der Waals surface area contributed by atoms with Gasteiger partial charge in [0.1, 0.15) is 0 Å². The minimum absolute atomic E-state index is 0. The van der Waals surface area contributed by atoms with E-state index in [-0.39, 0.29) is 24.8 Å². The number of fused-ring (bicyclic) bond motifs is 8. The van der Waals surface area contributed by atoms with Crippen molar-refractivity contribution in [3.8, 4) is 11.1 Å². The Morgan fingerprint density at radius 3 is 1.57 bits per heavy atom. The fourth-order valence-corrected chi connectivity index (χ4v) is 10.7. The van der Waals surface area contributed by atoms with Crippen LogP contribution in [-0.4, -0.2) is 8.41 Å². The van der Waals surface area contributed by atoms with Crippen molar-refractivity contribution < 1.29 is 49.5 Å². The first-order valence-corrected chi connectivity index (χ1v) is 16.6. The molecular formula is C38H25Cl2SiZr. The third-order valence-corrected chi connectivity index (χ3v) is 12.4. The molecule has 6 aromatic rings. The molecule has 0 atom stereocenters. The van der Waals surface area contributed by atoms with Crippen LogP contribution < -0.4 is 40.4 Å². The van der Waals surface area contributed by atoms with Crippen LogP contribution in [0.1, 0.15) is 17.5 Å². The van der Waals surface area contributed by atoms with Gasteiger partial charge < -0.3 is 24.8 Å². The zero-order valence-corrected chi connectivity index (χ0v) is 27.7. The van der Waals surface area contributed by atoms with E-state index >= 15 is 0 Å². The van der Waals surface area contributed by atoms with Gasteiger partial charge in [-0.1, -0.05) is 0 Å². The Hall–Kier alpha value is -3.13. The molecule has 42 heavy (non-hydrogen) atoms. The Morgan fingerprint density at radius 1 is 0.500 bits per heavy atom. The normalized spacial score (nSPS) is 12.9. The van der Waals surface area contributed by atoms with Gasteiger partial charge in [-0.15, -0.1) is 0 Å². The SMILES string of the molecule is [Cl-].[Cl-].[Zr+2][C]1=c2ccc(=[Si](c3ccccc3)c3ccccc3)c(C3=CC=CC3)c2-c2c1c1ccccc1c1ccccc21. The fraction of sp³-hybridized carbons (Fsp3) is 0.0263. The molecule has 199 valence electrons. The van der Waals surface area contributed by atoms with Gasteiger partial charge in [0.25, 0.3) is 0 Å². The summed E-state index contributed by atoms with van der Waals surface area (Å²) in [6.45, 7) is 0. The average molecular weight is 672 g/mol. The topological polar surface area (TPSA) is 0 Å². The van der Waals surface area contributed by atoms with Crippen LogP contribution in [0.5, 0.6) is 0 Å². The molecule has 0 radical (unpaired) electrons. The summed E-state index contributed by atoms with van der Waals surface area (Å²) in [7, 11) is -1.25. The third kappa shape index (κ3) is 4.48. The molecule has 0 N–H and O–H groups in total. The summed E-state index contributed by atoms with van der Waals surface area (Å²) in [4.78, 5) is 1.49. The van der Waals surface area contributed by atoms with E-state index in [1.165, 1.54) is 97.8 Å². The van der Waals surface area contributed by atoms with E-state index in [4.69, 9.17) is 0 Å². The van der Waals surface area contributed by atoms with Crippen molar-refractivity contribution in [3.63, 3.8) is 0 Å². The Bertz CT molecular complexity index is 2140. The van der Waals surface area contributed by atoms with Crippen LogP contribution >= 0.6 is 0 Å². The maximum atomic E-state index is 2.47. The molecule has 0 aromatic heterocycles. The summed E-state index contributed by atoms with van der Waals surface area (Å²) in [5.41, 5.74) is 7.23. The van der Waals surface area contributed by atoms with Gasteiger partial charge in [-0.3, -0.25) is 0 Å². The average Bonchev–Trinajstić information content (AvgIpc) is 3.66. The second-order valence-corrected chi connectivity index (χ2v) is 14.2. The van der Waals surface area contributed by atoms with Crippen LogP contribution in [0.2, 0.25) is 0 Å². The first-order valence-electron chi connectivity index (χ1n) is 13.9. The number of benzene rings is 6.